The monoisotopic (exact) mass is 554 g/mol. The number of nitrogens with zero attached hydrogens (tertiary/aromatic N) is 4. The molecule has 2 heterocycles. The van der Waals surface area contributed by atoms with Crippen molar-refractivity contribution in [3.8, 4) is 29.0 Å². The average Bonchev–Trinajstić information content (AvgIpc) is 3.14. The van der Waals surface area contributed by atoms with Crippen LogP contribution < -0.4 is 14.2 Å². The van der Waals surface area contributed by atoms with Gasteiger partial charge in [-0.3, -0.25) is 0 Å². The Morgan fingerprint density at radius 2 is 1.50 bits per heavy atom. The van der Waals surface area contributed by atoms with Crippen LogP contribution in [0.5, 0.6) is 29.0 Å². The van der Waals surface area contributed by atoms with Gasteiger partial charge in [-0.2, -0.15) is 18.3 Å². The highest BCUT2D eigenvalue weighted by Gasteiger charge is 2.30. The number of hydrogen-bond donors (Lipinski definition) is 0. The van der Waals surface area contributed by atoms with Crippen LogP contribution in [0.15, 0.2) is 72.0 Å². The molecule has 0 radical (unpaired) electrons. The van der Waals surface area contributed by atoms with Crippen LogP contribution in [-0.2, 0) is 24.7 Å². The van der Waals surface area contributed by atoms with Crippen LogP contribution in [0.25, 0.3) is 0 Å². The first-order valence-corrected chi connectivity index (χ1v) is 12.3. The molecule has 0 saturated carbocycles. The minimum absolute atomic E-state index is 0.0562. The van der Waals surface area contributed by atoms with Crippen molar-refractivity contribution < 1.29 is 32.2 Å². The molecule has 0 saturated heterocycles. The molecule has 0 amide bonds. The lowest BCUT2D eigenvalue weighted by molar-refractivity contribution is -0.137. The van der Waals surface area contributed by atoms with E-state index in [1.54, 1.807) is 42.2 Å². The van der Waals surface area contributed by atoms with Crippen LogP contribution >= 0.6 is 0 Å². The van der Waals surface area contributed by atoms with Crippen LogP contribution in [-0.4, -0.2) is 26.6 Å². The normalized spacial score (nSPS) is 12.0. The molecule has 0 fully saturated rings. The van der Waals surface area contributed by atoms with Crippen molar-refractivity contribution in [1.29, 1.82) is 0 Å². The predicted molar refractivity (Wildman–Crippen MR) is 143 cm³/mol. The highest BCUT2D eigenvalue weighted by molar-refractivity contribution is 5.84. The van der Waals surface area contributed by atoms with Crippen molar-refractivity contribution in [2.75, 3.05) is 0 Å². The van der Waals surface area contributed by atoms with Gasteiger partial charge in [0, 0.05) is 19.3 Å². The fraction of sp³-hybridized carbons (Fsp3) is 0.276. The molecule has 210 valence electrons. The van der Waals surface area contributed by atoms with E-state index in [4.69, 9.17) is 19.0 Å². The minimum atomic E-state index is -4.45. The van der Waals surface area contributed by atoms with Crippen LogP contribution in [0.1, 0.15) is 43.2 Å². The van der Waals surface area contributed by atoms with E-state index in [9.17, 15) is 13.2 Å². The quantitative estimate of drug-likeness (QED) is 0.158. The van der Waals surface area contributed by atoms with Crippen molar-refractivity contribution in [3.63, 3.8) is 0 Å². The van der Waals surface area contributed by atoms with Gasteiger partial charge in [-0.15, -0.1) is 0 Å². The molecule has 8 nitrogen and oxygen atoms in total. The molecule has 11 heteroatoms. The summed E-state index contributed by atoms with van der Waals surface area (Å²) in [6.07, 6.45) is -2.18. The van der Waals surface area contributed by atoms with Crippen LogP contribution in [0, 0.1) is 6.92 Å². The van der Waals surface area contributed by atoms with E-state index in [0.29, 0.717) is 22.9 Å². The molecule has 2 aromatic carbocycles. The molecule has 0 unspecified atom stereocenters. The molecule has 0 aliphatic rings. The lowest BCUT2D eigenvalue weighted by atomic mass is 10.2. The molecule has 0 aliphatic carbocycles. The molecular weight excluding hydrogens is 525 g/mol. The third kappa shape index (κ3) is 7.75. The van der Waals surface area contributed by atoms with Crippen molar-refractivity contribution in [2.45, 2.75) is 46.1 Å². The molecular formula is C29H29F3N4O4. The van der Waals surface area contributed by atoms with Crippen LogP contribution in [0.2, 0.25) is 0 Å². The highest BCUT2D eigenvalue weighted by Crippen LogP contribution is 2.31. The Labute approximate surface area is 230 Å². The highest BCUT2D eigenvalue weighted by atomic mass is 19.4. The Morgan fingerprint density at radius 1 is 0.875 bits per heavy atom. The van der Waals surface area contributed by atoms with Gasteiger partial charge in [0.15, 0.2) is 0 Å². The van der Waals surface area contributed by atoms with E-state index >= 15 is 0 Å². The molecule has 40 heavy (non-hydrogen) atoms. The summed E-state index contributed by atoms with van der Waals surface area (Å²) >= 11 is 0. The predicted octanol–water partition coefficient (Wildman–Crippen LogP) is 7.45. The van der Waals surface area contributed by atoms with E-state index in [-0.39, 0.29) is 18.1 Å². The standard InChI is InChI=1S/C29H29F3N4O4/c1-19-25(27(36(5)35-19)39-23-11-13-24(14-12-23)40-28(2,3)4)17-34-37-18-20-6-9-22(10-7-20)38-26-15-8-21(16-33-26)29(30,31)32/h6-17H,18H2,1-5H3/b34-17+. The molecule has 4 aromatic rings. The number of oxime groups is 1. The van der Waals surface area contributed by atoms with E-state index in [0.717, 1.165) is 29.3 Å². The second-order valence-electron chi connectivity index (χ2n) is 9.85. The summed E-state index contributed by atoms with van der Waals surface area (Å²) in [5, 5.41) is 8.49. The van der Waals surface area contributed by atoms with Gasteiger partial charge in [0.25, 0.3) is 0 Å². The lowest BCUT2D eigenvalue weighted by Gasteiger charge is -2.21. The van der Waals surface area contributed by atoms with Gasteiger partial charge >= 0.3 is 6.18 Å². The average molecular weight is 555 g/mol. The third-order valence-corrected chi connectivity index (χ3v) is 5.37. The maximum absolute atomic E-state index is 12.7. The zero-order valence-corrected chi connectivity index (χ0v) is 22.7. The number of benzene rings is 2. The van der Waals surface area contributed by atoms with E-state index in [1.165, 1.54) is 6.07 Å². The smallest absolute Gasteiger partial charge is 0.417 e. The number of ether oxygens (including phenoxy) is 3. The van der Waals surface area contributed by atoms with Gasteiger partial charge in [0.1, 0.15) is 29.5 Å². The summed E-state index contributed by atoms with van der Waals surface area (Å²) in [5.41, 5.74) is 1.06. The largest absolute Gasteiger partial charge is 0.488 e. The number of alkyl halides is 3. The summed E-state index contributed by atoms with van der Waals surface area (Å²) in [6, 6.07) is 16.3. The third-order valence-electron chi connectivity index (χ3n) is 5.37. The SMILES string of the molecule is Cc1nn(C)c(Oc2ccc(OC(C)(C)C)cc2)c1/C=N/OCc1ccc(Oc2ccc(C(F)(F)F)cn2)cc1. The second-order valence-corrected chi connectivity index (χ2v) is 9.85. The molecule has 0 bridgehead atoms. The van der Waals surface area contributed by atoms with Crippen molar-refractivity contribution >= 4 is 6.21 Å². The van der Waals surface area contributed by atoms with Gasteiger partial charge in [0.2, 0.25) is 11.8 Å². The topological polar surface area (TPSA) is 80.0 Å². The number of halogens is 3. The first-order chi connectivity index (χ1) is 18.9. The van der Waals surface area contributed by atoms with Gasteiger partial charge in [-0.05, 0) is 75.7 Å². The lowest BCUT2D eigenvalue weighted by Crippen LogP contribution is -2.22. The first-order valence-electron chi connectivity index (χ1n) is 12.3. The Balaban J connectivity index is 1.33. The maximum atomic E-state index is 12.7. The summed E-state index contributed by atoms with van der Waals surface area (Å²) in [6.45, 7) is 7.98. The van der Waals surface area contributed by atoms with E-state index in [2.05, 4.69) is 15.2 Å². The zero-order valence-electron chi connectivity index (χ0n) is 22.7. The summed E-state index contributed by atoms with van der Waals surface area (Å²) in [7, 11) is 1.78. The van der Waals surface area contributed by atoms with E-state index < -0.39 is 11.7 Å². The molecule has 0 atom stereocenters. The van der Waals surface area contributed by atoms with Gasteiger partial charge in [-0.1, -0.05) is 17.3 Å². The maximum Gasteiger partial charge on any atom is 0.417 e. The molecule has 4 rings (SSSR count). The zero-order chi connectivity index (χ0) is 28.9. The number of hydrogen-bond acceptors (Lipinski definition) is 7. The van der Waals surface area contributed by atoms with Crippen LogP contribution in [0.3, 0.4) is 0 Å². The number of aromatic nitrogens is 3. The van der Waals surface area contributed by atoms with Crippen molar-refractivity contribution in [1.82, 2.24) is 14.8 Å². The number of pyridine rings is 1. The minimum Gasteiger partial charge on any atom is -0.488 e. The van der Waals surface area contributed by atoms with E-state index in [1.807, 2.05) is 52.0 Å². The second kappa shape index (κ2) is 11.7. The Bertz CT molecular complexity index is 1440. The molecule has 0 N–H and O–H groups in total. The summed E-state index contributed by atoms with van der Waals surface area (Å²) in [4.78, 5) is 9.16. The van der Waals surface area contributed by atoms with Crippen molar-refractivity contribution in [3.05, 3.63) is 89.2 Å². The summed E-state index contributed by atoms with van der Waals surface area (Å²) in [5.74, 6) is 2.35. The molecule has 0 spiro atoms. The first kappa shape index (κ1) is 28.5. The Kier molecular flexibility index (Phi) is 8.32. The molecule has 0 aliphatic heterocycles. The van der Waals surface area contributed by atoms with Gasteiger partial charge in [0.05, 0.1) is 23.0 Å². The fourth-order valence-electron chi connectivity index (χ4n) is 3.55. The van der Waals surface area contributed by atoms with Crippen molar-refractivity contribution in [2.24, 2.45) is 12.2 Å². The Hall–Kier alpha value is -4.54. The fourth-order valence-corrected chi connectivity index (χ4v) is 3.55. The number of rotatable bonds is 9. The van der Waals surface area contributed by atoms with Gasteiger partial charge in [-0.25, -0.2) is 9.67 Å². The molecule has 2 aromatic heterocycles. The van der Waals surface area contributed by atoms with Crippen LogP contribution in [0.4, 0.5) is 13.2 Å². The summed E-state index contributed by atoms with van der Waals surface area (Å²) < 4.78 is 57.1. The number of aryl methyl sites for hydroxylation is 2. The Morgan fingerprint density at radius 3 is 2.10 bits per heavy atom. The van der Waals surface area contributed by atoms with Gasteiger partial charge < -0.3 is 19.0 Å².